The first-order chi connectivity index (χ1) is 12.6. The first kappa shape index (κ1) is 15.9. The van der Waals surface area contributed by atoms with Gasteiger partial charge >= 0.3 is 0 Å². The third-order valence-corrected chi connectivity index (χ3v) is 4.43. The first-order valence-electron chi connectivity index (χ1n) is 8.33. The molecule has 3 aromatic rings. The average molecular weight is 341 g/mol. The van der Waals surface area contributed by atoms with Crippen LogP contribution in [0.25, 0.3) is 27.9 Å². The minimum absolute atomic E-state index is 0.401. The van der Waals surface area contributed by atoms with Gasteiger partial charge in [0.05, 0.1) is 16.9 Å². The molecular formula is C21H19N5. The van der Waals surface area contributed by atoms with Crippen molar-refractivity contribution in [3.05, 3.63) is 84.3 Å². The molecule has 0 unspecified atom stereocenters. The van der Waals surface area contributed by atoms with E-state index in [2.05, 4.69) is 23.2 Å². The van der Waals surface area contributed by atoms with Gasteiger partial charge in [-0.1, -0.05) is 48.5 Å². The Bertz CT molecular complexity index is 1060. The molecule has 0 saturated carbocycles. The second-order valence-electron chi connectivity index (χ2n) is 6.16. The molecule has 1 aromatic heterocycles. The van der Waals surface area contributed by atoms with Gasteiger partial charge in [-0.25, -0.2) is 9.98 Å². The topological polar surface area (TPSA) is 80.5 Å². The summed E-state index contributed by atoms with van der Waals surface area (Å²) in [6, 6.07) is 20.2. The Kier molecular flexibility index (Phi) is 3.89. The van der Waals surface area contributed by atoms with E-state index in [0.29, 0.717) is 17.2 Å². The molecule has 5 nitrogen and oxygen atoms in total. The van der Waals surface area contributed by atoms with Crippen molar-refractivity contribution in [2.45, 2.75) is 0 Å². The van der Waals surface area contributed by atoms with E-state index >= 15 is 0 Å². The Morgan fingerprint density at radius 3 is 2.54 bits per heavy atom. The third kappa shape index (κ3) is 2.80. The summed E-state index contributed by atoms with van der Waals surface area (Å²) in [6.07, 6.45) is 3.48. The van der Waals surface area contributed by atoms with Gasteiger partial charge in [0.2, 0.25) is 0 Å². The summed E-state index contributed by atoms with van der Waals surface area (Å²) in [6.45, 7) is 0. The van der Waals surface area contributed by atoms with E-state index in [-0.39, 0.29) is 0 Å². The maximum absolute atomic E-state index is 6.41. The van der Waals surface area contributed by atoms with Gasteiger partial charge in [0.15, 0.2) is 0 Å². The number of amidine groups is 1. The van der Waals surface area contributed by atoms with E-state index in [0.717, 1.165) is 27.7 Å². The molecule has 2 aromatic carbocycles. The van der Waals surface area contributed by atoms with E-state index in [9.17, 15) is 0 Å². The van der Waals surface area contributed by atoms with Gasteiger partial charge in [0.25, 0.3) is 0 Å². The highest BCUT2D eigenvalue weighted by Crippen LogP contribution is 2.25. The molecule has 26 heavy (non-hydrogen) atoms. The zero-order chi connectivity index (χ0) is 18.1. The van der Waals surface area contributed by atoms with Crippen molar-refractivity contribution >= 4 is 22.4 Å². The van der Waals surface area contributed by atoms with Crippen molar-refractivity contribution in [3.63, 3.8) is 0 Å². The van der Waals surface area contributed by atoms with Crippen molar-refractivity contribution in [1.82, 2.24) is 9.88 Å². The summed E-state index contributed by atoms with van der Waals surface area (Å²) in [4.78, 5) is 10.8. The molecule has 0 bridgehead atoms. The zero-order valence-corrected chi connectivity index (χ0v) is 14.4. The van der Waals surface area contributed by atoms with E-state index in [1.54, 1.807) is 6.20 Å². The molecule has 128 valence electrons. The van der Waals surface area contributed by atoms with Crippen LogP contribution in [-0.4, -0.2) is 22.8 Å². The van der Waals surface area contributed by atoms with Crippen LogP contribution in [0, 0.1) is 0 Å². The van der Waals surface area contributed by atoms with E-state index in [4.69, 9.17) is 16.5 Å². The number of likely N-dealkylation sites (N-methyl/N-ethyl adjacent to an activating group) is 1. The molecule has 0 spiro atoms. The molecule has 0 aliphatic carbocycles. The Morgan fingerprint density at radius 1 is 1.00 bits per heavy atom. The summed E-state index contributed by atoms with van der Waals surface area (Å²) in [5.41, 5.74) is 17.5. The average Bonchev–Trinajstić information content (AvgIpc) is 2.67. The van der Waals surface area contributed by atoms with Gasteiger partial charge in [-0.3, -0.25) is 0 Å². The molecule has 1 aliphatic rings. The Hall–Kier alpha value is -3.60. The predicted molar refractivity (Wildman–Crippen MR) is 107 cm³/mol. The minimum Gasteiger partial charge on any atom is -0.396 e. The van der Waals surface area contributed by atoms with E-state index in [1.807, 2.05) is 60.6 Å². The van der Waals surface area contributed by atoms with Crippen LogP contribution in [0.4, 0.5) is 0 Å². The number of aliphatic imine (C=N–C) groups is 1. The van der Waals surface area contributed by atoms with Crippen molar-refractivity contribution in [3.8, 4) is 11.3 Å². The number of nitrogens with zero attached hydrogens (tertiary/aromatic N) is 3. The lowest BCUT2D eigenvalue weighted by molar-refractivity contribution is 0.591. The SMILES string of the molecule is CN1C=CN=C(N)/C1=C(/N)c1ccc2ccc(-c3ccccc3)nc2c1. The number of fused-ring (bicyclic) bond motifs is 1. The highest BCUT2D eigenvalue weighted by atomic mass is 15.2. The highest BCUT2D eigenvalue weighted by Gasteiger charge is 2.16. The van der Waals surface area contributed by atoms with Crippen molar-refractivity contribution in [1.29, 1.82) is 0 Å². The molecule has 4 rings (SSSR count). The Balaban J connectivity index is 1.82. The maximum atomic E-state index is 6.41. The largest absolute Gasteiger partial charge is 0.396 e. The monoisotopic (exact) mass is 341 g/mol. The zero-order valence-electron chi connectivity index (χ0n) is 14.4. The lowest BCUT2D eigenvalue weighted by Crippen LogP contribution is -2.30. The molecule has 5 heteroatoms. The number of nitrogens with two attached hydrogens (primary N) is 2. The molecule has 0 radical (unpaired) electrons. The summed E-state index contributed by atoms with van der Waals surface area (Å²) in [5, 5.41) is 1.06. The summed E-state index contributed by atoms with van der Waals surface area (Å²) in [7, 11) is 1.90. The van der Waals surface area contributed by atoms with Crippen LogP contribution in [0.15, 0.2) is 83.8 Å². The molecule has 0 atom stereocenters. The lowest BCUT2D eigenvalue weighted by Gasteiger charge is -2.23. The fourth-order valence-electron chi connectivity index (χ4n) is 3.05. The fraction of sp³-hybridized carbons (Fsp3) is 0.0476. The van der Waals surface area contributed by atoms with Crippen LogP contribution in [0.5, 0.6) is 0 Å². The predicted octanol–water partition coefficient (Wildman–Crippen LogP) is 3.30. The van der Waals surface area contributed by atoms with Crippen LogP contribution < -0.4 is 11.5 Å². The Morgan fingerprint density at radius 2 is 1.77 bits per heavy atom. The second-order valence-corrected chi connectivity index (χ2v) is 6.16. The van der Waals surface area contributed by atoms with Gasteiger partial charge in [-0.05, 0) is 12.1 Å². The van der Waals surface area contributed by atoms with Gasteiger partial charge in [-0.15, -0.1) is 0 Å². The third-order valence-electron chi connectivity index (χ3n) is 4.43. The molecule has 1 aliphatic heterocycles. The van der Waals surface area contributed by atoms with Crippen molar-refractivity contribution in [2.24, 2.45) is 16.5 Å². The smallest absolute Gasteiger partial charge is 0.149 e. The van der Waals surface area contributed by atoms with Crippen LogP contribution in [-0.2, 0) is 0 Å². The summed E-state index contributed by atoms with van der Waals surface area (Å²) in [5.74, 6) is 0.401. The molecule has 4 N–H and O–H groups in total. The fourth-order valence-corrected chi connectivity index (χ4v) is 3.05. The number of rotatable bonds is 2. The number of pyridine rings is 1. The lowest BCUT2D eigenvalue weighted by atomic mass is 10.0. The normalized spacial score (nSPS) is 15.9. The molecule has 2 heterocycles. The number of aromatic nitrogens is 1. The summed E-state index contributed by atoms with van der Waals surface area (Å²) >= 11 is 0. The highest BCUT2D eigenvalue weighted by molar-refractivity contribution is 6.04. The van der Waals surface area contributed by atoms with Crippen LogP contribution in [0.3, 0.4) is 0 Å². The first-order valence-corrected chi connectivity index (χ1v) is 8.33. The molecule has 0 amide bonds. The summed E-state index contributed by atoms with van der Waals surface area (Å²) < 4.78 is 0. The Labute approximate surface area is 152 Å². The standard InChI is InChI=1S/C21H19N5/c1-26-12-11-24-21(23)20(26)19(22)16-8-7-15-9-10-17(25-18(15)13-16)14-5-3-2-4-6-14/h2-13H,22H2,1H3,(H2,23,24)/b20-19-. The number of benzene rings is 2. The van der Waals surface area contributed by atoms with Gasteiger partial charge in [0.1, 0.15) is 11.5 Å². The van der Waals surface area contributed by atoms with Crippen LogP contribution in [0.1, 0.15) is 5.56 Å². The van der Waals surface area contributed by atoms with Crippen molar-refractivity contribution < 1.29 is 0 Å². The van der Waals surface area contributed by atoms with Gasteiger partial charge in [-0.2, -0.15) is 0 Å². The van der Waals surface area contributed by atoms with E-state index in [1.165, 1.54) is 0 Å². The second kappa shape index (κ2) is 6.37. The van der Waals surface area contributed by atoms with Crippen LogP contribution >= 0.6 is 0 Å². The van der Waals surface area contributed by atoms with Crippen LogP contribution in [0.2, 0.25) is 0 Å². The van der Waals surface area contributed by atoms with Gasteiger partial charge in [0, 0.05) is 36.0 Å². The number of hydrogen-bond acceptors (Lipinski definition) is 5. The minimum atomic E-state index is 0.401. The van der Waals surface area contributed by atoms with Crippen molar-refractivity contribution in [2.75, 3.05) is 7.05 Å². The van der Waals surface area contributed by atoms with E-state index < -0.39 is 0 Å². The quantitative estimate of drug-likeness (QED) is 0.749. The molecule has 0 saturated heterocycles. The molecule has 0 fully saturated rings. The maximum Gasteiger partial charge on any atom is 0.149 e. The number of hydrogen-bond donors (Lipinski definition) is 2. The molecular weight excluding hydrogens is 322 g/mol. The van der Waals surface area contributed by atoms with Gasteiger partial charge < -0.3 is 16.4 Å².